The van der Waals surface area contributed by atoms with Gasteiger partial charge in [-0.05, 0) is 50.7 Å². The zero-order valence-corrected chi connectivity index (χ0v) is 18.8. The van der Waals surface area contributed by atoms with Crippen LogP contribution in [0.3, 0.4) is 0 Å². The quantitative estimate of drug-likeness (QED) is 0.563. The maximum absolute atomic E-state index is 12.6. The first-order chi connectivity index (χ1) is 16.2. The highest BCUT2D eigenvalue weighted by molar-refractivity contribution is 5.95. The van der Waals surface area contributed by atoms with E-state index >= 15 is 0 Å². The molecular formula is C24H30N8O. The third-order valence-corrected chi connectivity index (χ3v) is 7.52. The van der Waals surface area contributed by atoms with Crippen LogP contribution in [0.15, 0.2) is 30.6 Å². The fourth-order valence-electron chi connectivity index (χ4n) is 5.78. The van der Waals surface area contributed by atoms with Gasteiger partial charge in [0.1, 0.15) is 11.3 Å². The topological polar surface area (TPSA) is 110 Å². The Balaban J connectivity index is 1.20. The molecule has 3 aromatic rings. The van der Waals surface area contributed by atoms with Crippen molar-refractivity contribution >= 4 is 28.8 Å². The molecule has 1 amide bonds. The van der Waals surface area contributed by atoms with Gasteiger partial charge in [-0.25, -0.2) is 15.0 Å². The fraction of sp³-hybridized carbons (Fsp3) is 0.542. The lowest BCUT2D eigenvalue weighted by atomic mass is 9.80. The summed E-state index contributed by atoms with van der Waals surface area (Å²) < 4.78 is 2.13. The Morgan fingerprint density at radius 1 is 0.970 bits per heavy atom. The van der Waals surface area contributed by atoms with Gasteiger partial charge in [-0.15, -0.1) is 0 Å². The first-order valence-corrected chi connectivity index (χ1v) is 12.2. The van der Waals surface area contributed by atoms with Crippen LogP contribution in [0.25, 0.3) is 11.2 Å². The molecule has 33 heavy (non-hydrogen) atoms. The molecule has 0 unspecified atom stereocenters. The fourth-order valence-corrected chi connectivity index (χ4v) is 5.78. The minimum Gasteiger partial charge on any atom is -0.367 e. The number of aromatic nitrogens is 5. The van der Waals surface area contributed by atoms with Crippen molar-refractivity contribution < 1.29 is 4.79 Å². The van der Waals surface area contributed by atoms with Crippen LogP contribution in [-0.4, -0.2) is 49.0 Å². The van der Waals surface area contributed by atoms with E-state index in [1.54, 1.807) is 6.20 Å². The largest absolute Gasteiger partial charge is 0.367 e. The number of hydrogen-bond donors (Lipinski definition) is 3. The third kappa shape index (κ3) is 3.79. The Labute approximate surface area is 192 Å². The lowest BCUT2D eigenvalue weighted by molar-refractivity contribution is 0.0824. The van der Waals surface area contributed by atoms with Crippen LogP contribution >= 0.6 is 0 Å². The van der Waals surface area contributed by atoms with Gasteiger partial charge in [0.05, 0.1) is 11.7 Å². The molecule has 2 aliphatic carbocycles. The SMILES string of the molecule is O=C1NCC2(CCCCC2)n2c1nc1cnc(NC3CCC(Nc4ccccn4)CC3)nc12. The molecule has 0 atom stereocenters. The Morgan fingerprint density at radius 3 is 2.52 bits per heavy atom. The first kappa shape index (κ1) is 20.4. The predicted molar refractivity (Wildman–Crippen MR) is 126 cm³/mol. The van der Waals surface area contributed by atoms with Crippen LogP contribution < -0.4 is 16.0 Å². The number of rotatable bonds is 4. The summed E-state index contributed by atoms with van der Waals surface area (Å²) >= 11 is 0. The smallest absolute Gasteiger partial charge is 0.287 e. The molecular weight excluding hydrogens is 416 g/mol. The van der Waals surface area contributed by atoms with Gasteiger partial charge >= 0.3 is 0 Å². The molecule has 1 aliphatic heterocycles. The molecule has 3 N–H and O–H groups in total. The van der Waals surface area contributed by atoms with Crippen LogP contribution in [0.1, 0.15) is 68.4 Å². The summed E-state index contributed by atoms with van der Waals surface area (Å²) in [5, 5.41) is 10.2. The summed E-state index contributed by atoms with van der Waals surface area (Å²) in [7, 11) is 0. The number of hydrogen-bond acceptors (Lipinski definition) is 7. The average Bonchev–Trinajstić information content (AvgIpc) is 3.25. The number of imidazole rings is 1. The van der Waals surface area contributed by atoms with Crippen LogP contribution in [-0.2, 0) is 5.54 Å². The highest BCUT2D eigenvalue weighted by Crippen LogP contribution is 2.39. The predicted octanol–water partition coefficient (Wildman–Crippen LogP) is 3.46. The summed E-state index contributed by atoms with van der Waals surface area (Å²) in [6.45, 7) is 0.657. The molecule has 172 valence electrons. The summed E-state index contributed by atoms with van der Waals surface area (Å²) in [6, 6.07) is 6.72. The number of anilines is 2. The molecule has 9 heteroatoms. The van der Waals surface area contributed by atoms with Crippen molar-refractivity contribution in [2.24, 2.45) is 0 Å². The molecule has 2 saturated carbocycles. The Hall–Kier alpha value is -3.23. The van der Waals surface area contributed by atoms with Crippen molar-refractivity contribution in [3.63, 3.8) is 0 Å². The molecule has 6 rings (SSSR count). The highest BCUT2D eigenvalue weighted by atomic mass is 16.2. The second-order valence-electron chi connectivity index (χ2n) is 9.69. The zero-order chi connectivity index (χ0) is 22.3. The minimum atomic E-state index is -0.114. The number of carbonyl (C=O) groups is 1. The van der Waals surface area contributed by atoms with E-state index in [0.717, 1.165) is 50.0 Å². The van der Waals surface area contributed by atoms with E-state index < -0.39 is 0 Å². The second kappa shape index (κ2) is 8.28. The van der Waals surface area contributed by atoms with Gasteiger partial charge < -0.3 is 16.0 Å². The second-order valence-corrected chi connectivity index (χ2v) is 9.69. The van der Waals surface area contributed by atoms with Gasteiger partial charge in [0.2, 0.25) is 11.8 Å². The molecule has 9 nitrogen and oxygen atoms in total. The molecule has 0 aromatic carbocycles. The van der Waals surface area contributed by atoms with E-state index in [-0.39, 0.29) is 11.4 Å². The lowest BCUT2D eigenvalue weighted by Gasteiger charge is -2.42. The summed E-state index contributed by atoms with van der Waals surface area (Å²) in [5.74, 6) is 1.93. The van der Waals surface area contributed by atoms with Crippen LogP contribution in [0.5, 0.6) is 0 Å². The Bertz CT molecular complexity index is 1150. The Kier molecular flexibility index (Phi) is 5.11. The maximum atomic E-state index is 12.6. The monoisotopic (exact) mass is 446 g/mol. The number of pyridine rings is 1. The van der Waals surface area contributed by atoms with E-state index in [1.165, 1.54) is 19.3 Å². The summed E-state index contributed by atoms with van der Waals surface area (Å²) in [6.07, 6.45) is 13.5. The highest BCUT2D eigenvalue weighted by Gasteiger charge is 2.42. The molecule has 0 bridgehead atoms. The van der Waals surface area contributed by atoms with E-state index in [0.29, 0.717) is 35.9 Å². The van der Waals surface area contributed by atoms with Crippen molar-refractivity contribution in [3.8, 4) is 0 Å². The molecule has 3 aliphatic rings. The van der Waals surface area contributed by atoms with Crippen molar-refractivity contribution in [1.82, 2.24) is 29.8 Å². The Morgan fingerprint density at radius 2 is 1.76 bits per heavy atom. The molecule has 1 spiro atoms. The standard InChI is InChI=1S/C24H30N8O/c33-22-21-30-18-14-26-23(31-20(18)32(21)24(15-27-22)11-3-1-4-12-24)29-17-9-7-16(8-10-17)28-19-6-2-5-13-25-19/h2,5-6,13-14,16-17H,1,3-4,7-12,15H2,(H,25,28)(H,27,33)(H,26,29,31). The van der Waals surface area contributed by atoms with Crippen LogP contribution in [0.4, 0.5) is 11.8 Å². The number of nitrogens with zero attached hydrogens (tertiary/aromatic N) is 5. The van der Waals surface area contributed by atoms with Gasteiger partial charge in [0.25, 0.3) is 5.91 Å². The molecule has 3 aromatic heterocycles. The maximum Gasteiger partial charge on any atom is 0.287 e. The van der Waals surface area contributed by atoms with Gasteiger partial charge in [-0.1, -0.05) is 25.3 Å². The van der Waals surface area contributed by atoms with E-state index in [9.17, 15) is 4.79 Å². The molecule has 0 radical (unpaired) electrons. The van der Waals surface area contributed by atoms with E-state index in [1.807, 2.05) is 24.4 Å². The minimum absolute atomic E-state index is 0.113. The van der Waals surface area contributed by atoms with Crippen molar-refractivity contribution in [1.29, 1.82) is 0 Å². The van der Waals surface area contributed by atoms with E-state index in [2.05, 4.69) is 35.5 Å². The van der Waals surface area contributed by atoms with Gasteiger partial charge in [-0.3, -0.25) is 9.36 Å². The lowest BCUT2D eigenvalue weighted by Crippen LogP contribution is -2.52. The summed E-state index contributed by atoms with van der Waals surface area (Å²) in [4.78, 5) is 31.0. The van der Waals surface area contributed by atoms with Crippen molar-refractivity contribution in [2.75, 3.05) is 17.2 Å². The van der Waals surface area contributed by atoms with E-state index in [4.69, 9.17) is 4.98 Å². The van der Waals surface area contributed by atoms with Crippen molar-refractivity contribution in [3.05, 3.63) is 36.4 Å². The number of amides is 1. The average molecular weight is 447 g/mol. The third-order valence-electron chi connectivity index (χ3n) is 7.52. The normalized spacial score (nSPS) is 24.3. The molecule has 0 saturated heterocycles. The van der Waals surface area contributed by atoms with Gasteiger partial charge in [0, 0.05) is 24.8 Å². The first-order valence-electron chi connectivity index (χ1n) is 12.2. The zero-order valence-electron chi connectivity index (χ0n) is 18.8. The molecule has 4 heterocycles. The summed E-state index contributed by atoms with van der Waals surface area (Å²) in [5.41, 5.74) is 1.36. The number of nitrogens with one attached hydrogen (secondary N) is 3. The number of fused-ring (bicyclic) bond motifs is 4. The van der Waals surface area contributed by atoms with Crippen LogP contribution in [0, 0.1) is 0 Å². The van der Waals surface area contributed by atoms with Gasteiger partial charge in [-0.2, -0.15) is 4.98 Å². The van der Waals surface area contributed by atoms with Gasteiger partial charge in [0.15, 0.2) is 5.65 Å². The van der Waals surface area contributed by atoms with Crippen LogP contribution in [0.2, 0.25) is 0 Å². The molecule has 2 fully saturated rings. The number of carbonyl (C=O) groups excluding carboxylic acids is 1. The van der Waals surface area contributed by atoms with Crippen molar-refractivity contribution in [2.45, 2.75) is 75.4 Å².